The Morgan fingerprint density at radius 2 is 1.88 bits per heavy atom. The number of rotatable bonds is 4. The number of benzene rings is 1. The molecule has 0 atom stereocenters. The lowest BCUT2D eigenvalue weighted by Crippen LogP contribution is -2.13. The number of anilines is 1. The molecule has 0 aliphatic heterocycles. The monoisotopic (exact) mass is 379 g/mol. The van der Waals surface area contributed by atoms with Gasteiger partial charge in [-0.1, -0.05) is 12.1 Å². The number of nitrogens with one attached hydrogen (secondary N) is 1. The van der Waals surface area contributed by atoms with Crippen LogP contribution in [0.25, 0.3) is 11.1 Å². The molecule has 134 valence electrons. The Balaban J connectivity index is 2.05. The van der Waals surface area contributed by atoms with E-state index in [0.717, 1.165) is 23.7 Å². The molecule has 1 aromatic carbocycles. The molecule has 0 radical (unpaired) electrons. The molecule has 3 aromatic rings. The molecule has 1 amide bonds. The van der Waals surface area contributed by atoms with Gasteiger partial charge < -0.3 is 19.9 Å². The number of hydrogen-bond donors (Lipinski definition) is 3. The summed E-state index contributed by atoms with van der Waals surface area (Å²) in [4.78, 5) is 23.7. The van der Waals surface area contributed by atoms with Gasteiger partial charge in [-0.25, -0.2) is 13.6 Å². The summed E-state index contributed by atoms with van der Waals surface area (Å²) in [5, 5.41) is 22.5. The van der Waals surface area contributed by atoms with Crippen molar-refractivity contribution in [3.8, 4) is 16.9 Å². The fourth-order valence-corrected chi connectivity index (χ4v) is 3.29. The average molecular weight is 379 g/mol. The van der Waals surface area contributed by atoms with Gasteiger partial charge in [0.1, 0.15) is 10.6 Å². The molecule has 0 aliphatic carbocycles. The summed E-state index contributed by atoms with van der Waals surface area (Å²) < 4.78 is 32.9. The first kappa shape index (κ1) is 17.6. The number of furan rings is 1. The molecule has 3 rings (SSSR count). The van der Waals surface area contributed by atoms with Crippen LogP contribution >= 0.6 is 11.3 Å². The Bertz CT molecular complexity index is 1020. The zero-order chi connectivity index (χ0) is 19.0. The third-order valence-corrected chi connectivity index (χ3v) is 4.54. The van der Waals surface area contributed by atoms with Gasteiger partial charge in [0.05, 0.1) is 6.26 Å². The number of hydrogen-bond acceptors (Lipinski definition) is 5. The van der Waals surface area contributed by atoms with E-state index in [1.807, 2.05) is 0 Å². The van der Waals surface area contributed by atoms with Crippen molar-refractivity contribution in [2.75, 3.05) is 5.32 Å². The van der Waals surface area contributed by atoms with E-state index in [4.69, 9.17) is 4.42 Å². The van der Waals surface area contributed by atoms with E-state index in [1.54, 1.807) is 0 Å². The van der Waals surface area contributed by atoms with E-state index < -0.39 is 40.6 Å². The van der Waals surface area contributed by atoms with Crippen molar-refractivity contribution in [2.45, 2.75) is 6.92 Å². The highest BCUT2D eigenvalue weighted by Gasteiger charge is 2.26. The molecule has 3 N–H and O–H groups in total. The van der Waals surface area contributed by atoms with E-state index in [2.05, 4.69) is 5.32 Å². The van der Waals surface area contributed by atoms with Gasteiger partial charge in [-0.3, -0.25) is 4.79 Å². The van der Waals surface area contributed by atoms with Gasteiger partial charge in [0.25, 0.3) is 5.91 Å². The minimum Gasteiger partial charge on any atom is -0.504 e. The number of carboxylic acids is 1. The standard InChI is InChI=1S/C17H11F2NO5S/c1-7-2-3-8(13(19)12(7)18)9-6-26-16(11(9)17(23)24)20-15(22)14-10(21)4-5-25-14/h2-6,21H,1H3,(H,20,22)(H,23,24). The first-order valence-electron chi connectivity index (χ1n) is 7.18. The molecule has 0 fully saturated rings. The minimum absolute atomic E-state index is 0.0714. The highest BCUT2D eigenvalue weighted by atomic mass is 32.1. The fraction of sp³-hybridized carbons (Fsp3) is 0.0588. The number of aromatic hydroxyl groups is 1. The summed E-state index contributed by atoms with van der Waals surface area (Å²) in [7, 11) is 0. The molecule has 2 heterocycles. The van der Waals surface area contributed by atoms with Crippen LogP contribution < -0.4 is 5.32 Å². The third kappa shape index (κ3) is 2.93. The van der Waals surface area contributed by atoms with Crippen molar-refractivity contribution in [3.05, 3.63) is 58.4 Å². The maximum atomic E-state index is 14.2. The highest BCUT2D eigenvalue weighted by molar-refractivity contribution is 7.15. The summed E-state index contributed by atoms with van der Waals surface area (Å²) in [5.74, 6) is -5.37. The molecule has 0 saturated heterocycles. The Morgan fingerprint density at radius 3 is 2.50 bits per heavy atom. The quantitative estimate of drug-likeness (QED) is 0.629. The van der Waals surface area contributed by atoms with Crippen molar-refractivity contribution < 1.29 is 33.0 Å². The summed E-state index contributed by atoms with van der Waals surface area (Å²) in [6.07, 6.45) is 1.09. The van der Waals surface area contributed by atoms with Crippen molar-refractivity contribution in [2.24, 2.45) is 0 Å². The van der Waals surface area contributed by atoms with Crippen LogP contribution in [0, 0.1) is 18.6 Å². The van der Waals surface area contributed by atoms with E-state index in [-0.39, 0.29) is 21.7 Å². The largest absolute Gasteiger partial charge is 0.504 e. The van der Waals surface area contributed by atoms with Gasteiger partial charge in [0, 0.05) is 22.6 Å². The smallest absolute Gasteiger partial charge is 0.339 e. The topological polar surface area (TPSA) is 99.8 Å². The zero-order valence-electron chi connectivity index (χ0n) is 13.2. The molecule has 0 spiro atoms. The Kier molecular flexibility index (Phi) is 4.47. The van der Waals surface area contributed by atoms with Crippen molar-refractivity contribution in [1.29, 1.82) is 0 Å². The predicted octanol–water partition coefficient (Wildman–Crippen LogP) is 4.25. The van der Waals surface area contributed by atoms with Crippen LogP contribution in [0.15, 0.2) is 34.3 Å². The number of amides is 1. The maximum absolute atomic E-state index is 14.2. The zero-order valence-corrected chi connectivity index (χ0v) is 14.0. The van der Waals surface area contributed by atoms with E-state index >= 15 is 0 Å². The number of aryl methyl sites for hydroxylation is 1. The number of halogens is 2. The van der Waals surface area contributed by atoms with Crippen molar-refractivity contribution in [3.63, 3.8) is 0 Å². The average Bonchev–Trinajstić information content (AvgIpc) is 3.19. The van der Waals surface area contributed by atoms with Crippen LogP contribution in [0.5, 0.6) is 5.75 Å². The Labute approximate surface area is 149 Å². The fourth-order valence-electron chi connectivity index (χ4n) is 2.35. The molecule has 9 heteroatoms. The molecular weight excluding hydrogens is 368 g/mol. The second kappa shape index (κ2) is 6.60. The molecule has 2 aromatic heterocycles. The Morgan fingerprint density at radius 1 is 1.15 bits per heavy atom. The summed E-state index contributed by atoms with van der Waals surface area (Å²) in [5.41, 5.74) is -0.613. The first-order chi connectivity index (χ1) is 12.3. The van der Waals surface area contributed by atoms with Gasteiger partial charge in [-0.05, 0) is 12.5 Å². The number of carboxylic acid groups (broad SMARTS) is 1. The lowest BCUT2D eigenvalue weighted by atomic mass is 10.0. The lowest BCUT2D eigenvalue weighted by Gasteiger charge is -2.07. The minimum atomic E-state index is -1.43. The van der Waals surface area contributed by atoms with Crippen molar-refractivity contribution >= 4 is 28.2 Å². The van der Waals surface area contributed by atoms with Gasteiger partial charge >= 0.3 is 5.97 Å². The van der Waals surface area contributed by atoms with Crippen LogP contribution in [0.1, 0.15) is 26.5 Å². The number of thiophene rings is 1. The van der Waals surface area contributed by atoms with E-state index in [0.29, 0.717) is 0 Å². The highest BCUT2D eigenvalue weighted by Crippen LogP contribution is 2.38. The van der Waals surface area contributed by atoms with E-state index in [9.17, 15) is 28.6 Å². The maximum Gasteiger partial charge on any atom is 0.339 e. The summed E-state index contributed by atoms with van der Waals surface area (Å²) in [6.45, 7) is 1.38. The third-order valence-electron chi connectivity index (χ3n) is 3.65. The number of aromatic carboxylic acids is 1. The molecule has 0 aliphatic rings. The van der Waals surface area contributed by atoms with Gasteiger partial charge in [-0.2, -0.15) is 0 Å². The van der Waals surface area contributed by atoms with E-state index in [1.165, 1.54) is 24.4 Å². The van der Waals surface area contributed by atoms with Gasteiger partial charge in [0.15, 0.2) is 17.4 Å². The molecule has 0 saturated carbocycles. The molecule has 6 nitrogen and oxygen atoms in total. The number of carbonyl (C=O) groups is 2. The van der Waals surface area contributed by atoms with Crippen LogP contribution in [-0.4, -0.2) is 22.1 Å². The Hall–Kier alpha value is -3.20. The molecule has 0 bridgehead atoms. The second-order valence-electron chi connectivity index (χ2n) is 5.31. The van der Waals surface area contributed by atoms with Crippen LogP contribution in [0.3, 0.4) is 0 Å². The van der Waals surface area contributed by atoms with Crippen LogP contribution in [0.2, 0.25) is 0 Å². The van der Waals surface area contributed by atoms with Crippen LogP contribution in [0.4, 0.5) is 13.8 Å². The summed E-state index contributed by atoms with van der Waals surface area (Å²) in [6, 6.07) is 3.75. The second-order valence-corrected chi connectivity index (χ2v) is 6.19. The number of carbonyl (C=O) groups excluding carboxylic acids is 1. The lowest BCUT2D eigenvalue weighted by molar-refractivity contribution is 0.0699. The summed E-state index contributed by atoms with van der Waals surface area (Å²) >= 11 is 0.824. The van der Waals surface area contributed by atoms with Gasteiger partial charge in [-0.15, -0.1) is 11.3 Å². The SMILES string of the molecule is Cc1ccc(-c2csc(NC(=O)c3occc3O)c2C(=O)O)c(F)c1F. The predicted molar refractivity (Wildman–Crippen MR) is 89.7 cm³/mol. The van der Waals surface area contributed by atoms with Crippen molar-refractivity contribution in [1.82, 2.24) is 0 Å². The molecule has 26 heavy (non-hydrogen) atoms. The normalized spacial score (nSPS) is 10.7. The molecule has 0 unspecified atom stereocenters. The van der Waals surface area contributed by atoms with Gasteiger partial charge in [0.2, 0.25) is 5.76 Å². The first-order valence-corrected chi connectivity index (χ1v) is 8.06. The van der Waals surface area contributed by atoms with Crippen LogP contribution in [-0.2, 0) is 0 Å². The molecular formula is C17H11F2NO5S.